The molecule has 17 nitrogen and oxygen atoms in total. The van der Waals surface area contributed by atoms with Crippen LogP contribution in [0.25, 0.3) is 17.2 Å². The minimum Gasteiger partial charge on any atom is -0.484 e. The van der Waals surface area contributed by atoms with Crippen LogP contribution in [0.15, 0.2) is 102 Å². The Hall–Kier alpha value is -6.69. The smallest absolute Gasteiger partial charge is 0.264 e. The third-order valence-electron chi connectivity index (χ3n) is 12.2. The second-order valence-corrected chi connectivity index (χ2v) is 18.8. The van der Waals surface area contributed by atoms with E-state index in [0.29, 0.717) is 120 Å². The minimum absolute atomic E-state index is 0.00191. The second-order valence-electron chi connectivity index (χ2n) is 17.4. The molecule has 19 heteroatoms. The molecule has 0 fully saturated rings. The molecule has 3 N–H and O–H groups in total. The van der Waals surface area contributed by atoms with Gasteiger partial charge in [-0.05, 0) is 114 Å². The van der Waals surface area contributed by atoms with Crippen LogP contribution in [0.4, 0.5) is 11.4 Å². The maximum Gasteiger partial charge on any atom is 0.264 e. The zero-order chi connectivity index (χ0) is 52.1. The number of benzene rings is 4. The van der Waals surface area contributed by atoms with Gasteiger partial charge in [0.25, 0.3) is 17.7 Å². The molecular weight excluding hydrogens is 986 g/mol. The molecule has 0 saturated heterocycles. The number of hydrogen-bond acceptors (Lipinski definition) is 14. The highest BCUT2D eigenvalue weighted by Gasteiger charge is 2.33. The first-order valence-electron chi connectivity index (χ1n) is 24.6. The predicted molar refractivity (Wildman–Crippen MR) is 283 cm³/mol. The van der Waals surface area contributed by atoms with Gasteiger partial charge in [0, 0.05) is 72.7 Å². The fourth-order valence-electron chi connectivity index (χ4n) is 8.54. The summed E-state index contributed by atoms with van der Waals surface area (Å²) in [4.78, 5) is 58.5. The van der Waals surface area contributed by atoms with Crippen molar-refractivity contribution in [2.24, 2.45) is 0 Å². The Morgan fingerprint density at radius 3 is 2.08 bits per heavy atom. The van der Waals surface area contributed by atoms with Gasteiger partial charge in [0.15, 0.2) is 6.61 Å². The lowest BCUT2D eigenvalue weighted by Crippen LogP contribution is -2.43. The van der Waals surface area contributed by atoms with Gasteiger partial charge < -0.3 is 54.2 Å². The number of halogens is 1. The first-order chi connectivity index (χ1) is 36.1. The summed E-state index contributed by atoms with van der Waals surface area (Å²) in [6, 6.07) is 28.8. The number of thiazole rings is 1. The van der Waals surface area contributed by atoms with E-state index in [9.17, 15) is 24.4 Å². The number of rotatable bonds is 27. The number of carbonyl (C=O) groups excluding carboxylic acids is 4. The SMILES string of the molecule is CC(=O)N1c2ccc(-c3ccc(C(=O)NCCOCCOCCOCCOCCOCCNC(=O)COc4ccc5c(c4)CCN(C(=O)/C(C#N)=C/c4nccs4)C5)cc3)cc2[C@H](Nc2ccc(Cl)cc2)C[C@@H]1C. The van der Waals surface area contributed by atoms with Crippen molar-refractivity contribution in [3.8, 4) is 22.9 Å². The van der Waals surface area contributed by atoms with Crippen molar-refractivity contribution in [2.75, 3.05) is 103 Å². The first kappa shape index (κ1) is 55.1. The summed E-state index contributed by atoms with van der Waals surface area (Å²) in [6.07, 6.45) is 4.49. The van der Waals surface area contributed by atoms with E-state index in [1.807, 2.05) is 71.6 Å². The number of carbonyl (C=O) groups is 4. The van der Waals surface area contributed by atoms with Crippen LogP contribution in [0.5, 0.6) is 5.75 Å². The summed E-state index contributed by atoms with van der Waals surface area (Å²) in [5.74, 6) is -0.221. The molecule has 0 bridgehead atoms. The minimum atomic E-state index is -0.326. The van der Waals surface area contributed by atoms with Crippen LogP contribution in [-0.2, 0) is 51.0 Å². The maximum absolute atomic E-state index is 13.0. The molecule has 2 aliphatic rings. The van der Waals surface area contributed by atoms with Crippen LogP contribution in [-0.4, -0.2) is 132 Å². The van der Waals surface area contributed by atoms with Gasteiger partial charge in [0.2, 0.25) is 5.91 Å². The van der Waals surface area contributed by atoms with Gasteiger partial charge in [-0.1, -0.05) is 35.9 Å². The van der Waals surface area contributed by atoms with E-state index in [0.717, 1.165) is 45.6 Å². The van der Waals surface area contributed by atoms with Gasteiger partial charge in [0.1, 0.15) is 22.4 Å². The standard InChI is InChI=1S/C55H62ClN7O10S/c1-38-31-50(61-47-11-9-46(56)10-12-47)49-33-42(8-14-51(49)63(38)39(2)64)40-3-5-41(6-4-40)54(66)60-17-21-69-23-25-71-27-29-72-28-26-70-24-22-68-20-16-58-52(65)37-73-48-13-7-44-36-62(19-15-43(44)32-48)55(67)45(35-57)34-53-59-18-30-74-53/h3-14,18,30,32-34,38,50,61H,15-17,19-29,31,36-37H2,1-2H3,(H,58,65)(H,60,66)/b45-34+/t38-,50+/m0/s1. The molecule has 2 atom stereocenters. The molecule has 4 amide bonds. The predicted octanol–water partition coefficient (Wildman–Crippen LogP) is 7.26. The summed E-state index contributed by atoms with van der Waals surface area (Å²) >= 11 is 7.49. The summed E-state index contributed by atoms with van der Waals surface area (Å²) in [5.41, 5.74) is 7.40. The highest BCUT2D eigenvalue weighted by atomic mass is 35.5. The van der Waals surface area contributed by atoms with Crippen molar-refractivity contribution in [1.29, 1.82) is 5.26 Å². The normalized spacial score (nSPS) is 15.1. The van der Waals surface area contributed by atoms with Crippen LogP contribution in [0.3, 0.4) is 0 Å². The topological polar surface area (TPSA) is 203 Å². The van der Waals surface area contributed by atoms with E-state index in [2.05, 4.69) is 33.9 Å². The lowest BCUT2D eigenvalue weighted by molar-refractivity contribution is -0.127. The molecule has 7 rings (SSSR count). The Balaban J connectivity index is 0.661. The molecule has 5 aromatic rings. The molecule has 0 aliphatic carbocycles. The zero-order valence-electron chi connectivity index (χ0n) is 41.6. The van der Waals surface area contributed by atoms with Crippen LogP contribution in [0.2, 0.25) is 5.02 Å². The van der Waals surface area contributed by atoms with E-state index in [1.165, 1.54) is 17.4 Å². The van der Waals surface area contributed by atoms with Crippen molar-refractivity contribution in [3.05, 3.63) is 134 Å². The fraction of sp³-hybridized carbons (Fsp3) is 0.382. The average molecular weight is 1050 g/mol. The molecule has 74 heavy (non-hydrogen) atoms. The number of nitrogens with one attached hydrogen (secondary N) is 3. The Kier molecular flexibility index (Phi) is 21.3. The van der Waals surface area contributed by atoms with Gasteiger partial charge in [-0.2, -0.15) is 5.26 Å². The highest BCUT2D eigenvalue weighted by Crippen LogP contribution is 2.41. The molecule has 2 aliphatic heterocycles. The first-order valence-corrected chi connectivity index (χ1v) is 25.9. The number of hydrogen-bond donors (Lipinski definition) is 3. The van der Waals surface area contributed by atoms with Crippen LogP contribution in [0.1, 0.15) is 58.4 Å². The molecule has 0 saturated carbocycles. The number of aromatic nitrogens is 1. The summed E-state index contributed by atoms with van der Waals surface area (Å²) < 4.78 is 33.5. The van der Waals surface area contributed by atoms with Crippen molar-refractivity contribution in [1.82, 2.24) is 20.5 Å². The van der Waals surface area contributed by atoms with Crippen molar-refractivity contribution >= 4 is 64.0 Å². The quantitative estimate of drug-likeness (QED) is 0.0270. The second kappa shape index (κ2) is 28.7. The number of amides is 4. The Labute approximate surface area is 440 Å². The van der Waals surface area contributed by atoms with Crippen LogP contribution < -0.4 is 25.6 Å². The van der Waals surface area contributed by atoms with Crippen molar-refractivity contribution < 1.29 is 47.6 Å². The molecule has 1 aromatic heterocycles. The largest absolute Gasteiger partial charge is 0.484 e. The van der Waals surface area contributed by atoms with Crippen LogP contribution in [0, 0.1) is 11.3 Å². The average Bonchev–Trinajstić information content (AvgIpc) is 3.93. The number of fused-ring (bicyclic) bond motifs is 2. The Morgan fingerprint density at radius 2 is 1.45 bits per heavy atom. The third-order valence-corrected chi connectivity index (χ3v) is 13.2. The highest BCUT2D eigenvalue weighted by molar-refractivity contribution is 7.10. The molecule has 3 heterocycles. The number of ether oxygens (including phenoxy) is 6. The van der Waals surface area contributed by atoms with Gasteiger partial charge in [-0.15, -0.1) is 11.3 Å². The number of nitrogens with zero attached hydrogens (tertiary/aromatic N) is 4. The van der Waals surface area contributed by atoms with E-state index in [4.69, 9.17) is 40.0 Å². The number of nitriles is 1. The molecule has 0 spiro atoms. The fourth-order valence-corrected chi connectivity index (χ4v) is 9.23. The summed E-state index contributed by atoms with van der Waals surface area (Å²) in [5, 5.41) is 21.9. The number of anilines is 2. The summed E-state index contributed by atoms with van der Waals surface area (Å²) in [6.45, 7) is 8.89. The van der Waals surface area contributed by atoms with E-state index in [1.54, 1.807) is 41.6 Å². The molecular formula is C55H62ClN7O10S. The third kappa shape index (κ3) is 16.4. The van der Waals surface area contributed by atoms with Gasteiger partial charge >= 0.3 is 0 Å². The van der Waals surface area contributed by atoms with Gasteiger partial charge in [-0.3, -0.25) is 19.2 Å². The Bertz CT molecular complexity index is 2720. The zero-order valence-corrected chi connectivity index (χ0v) is 43.2. The van der Waals surface area contributed by atoms with E-state index < -0.39 is 0 Å². The Morgan fingerprint density at radius 1 is 0.797 bits per heavy atom. The summed E-state index contributed by atoms with van der Waals surface area (Å²) in [7, 11) is 0. The lowest BCUT2D eigenvalue weighted by atomic mass is 9.88. The van der Waals surface area contributed by atoms with Crippen molar-refractivity contribution in [2.45, 2.75) is 45.3 Å². The van der Waals surface area contributed by atoms with Crippen LogP contribution >= 0.6 is 22.9 Å². The van der Waals surface area contributed by atoms with E-state index >= 15 is 0 Å². The molecule has 0 unspecified atom stereocenters. The lowest BCUT2D eigenvalue weighted by Gasteiger charge is -2.39. The monoisotopic (exact) mass is 1050 g/mol. The molecule has 390 valence electrons. The van der Waals surface area contributed by atoms with Gasteiger partial charge in [0.05, 0.1) is 72.1 Å². The maximum atomic E-state index is 13.0. The van der Waals surface area contributed by atoms with Gasteiger partial charge in [-0.25, -0.2) is 4.98 Å². The molecule has 0 radical (unpaired) electrons. The van der Waals surface area contributed by atoms with Crippen molar-refractivity contribution in [3.63, 3.8) is 0 Å². The van der Waals surface area contributed by atoms with E-state index in [-0.39, 0.29) is 47.9 Å². The molecule has 4 aromatic carbocycles.